The Morgan fingerprint density at radius 2 is 1.93 bits per heavy atom. The number of benzene rings is 1. The van der Waals surface area contributed by atoms with Crippen LogP contribution in [0.1, 0.15) is 57.2 Å². The fourth-order valence-electron chi connectivity index (χ4n) is 4.97. The molecule has 0 atom stereocenters. The number of rotatable bonds is 2. The first-order chi connectivity index (χ1) is 13.3. The summed E-state index contributed by atoms with van der Waals surface area (Å²) in [7, 11) is 1.73. The summed E-state index contributed by atoms with van der Waals surface area (Å²) in [6.45, 7) is 8.71. The normalized spacial score (nSPS) is 23.2. The molecule has 1 aromatic carbocycles. The lowest BCUT2D eigenvalue weighted by atomic mass is 9.80. The summed E-state index contributed by atoms with van der Waals surface area (Å²) in [6.07, 6.45) is 9.50. The number of nitrogens with zero attached hydrogens (tertiary/aromatic N) is 1. The lowest BCUT2D eigenvalue weighted by Gasteiger charge is -2.31. The van der Waals surface area contributed by atoms with Gasteiger partial charge in [-0.15, -0.1) is 0 Å². The van der Waals surface area contributed by atoms with Crippen LogP contribution in [0.15, 0.2) is 46.4 Å². The van der Waals surface area contributed by atoms with E-state index in [1.807, 2.05) is 6.26 Å². The van der Waals surface area contributed by atoms with Gasteiger partial charge in [-0.3, -0.25) is 4.99 Å². The van der Waals surface area contributed by atoms with Crippen LogP contribution in [0.5, 0.6) is 11.5 Å². The summed E-state index contributed by atoms with van der Waals surface area (Å²) in [5, 5.41) is 0. The van der Waals surface area contributed by atoms with Crippen LogP contribution in [0.2, 0.25) is 0 Å². The summed E-state index contributed by atoms with van der Waals surface area (Å²) in [4.78, 5) is 5.27. The van der Waals surface area contributed by atoms with Gasteiger partial charge in [0.1, 0.15) is 5.60 Å². The van der Waals surface area contributed by atoms with Gasteiger partial charge in [0.05, 0.1) is 30.9 Å². The Balaban J connectivity index is 1.77. The van der Waals surface area contributed by atoms with Crippen molar-refractivity contribution in [3.63, 3.8) is 0 Å². The lowest BCUT2D eigenvalue weighted by molar-refractivity contribution is 0.134. The first kappa shape index (κ1) is 17.6. The highest BCUT2D eigenvalue weighted by molar-refractivity contribution is 6.17. The Morgan fingerprint density at radius 1 is 1.11 bits per heavy atom. The van der Waals surface area contributed by atoms with E-state index in [9.17, 15) is 0 Å². The maximum atomic E-state index is 6.31. The maximum Gasteiger partial charge on any atom is 0.166 e. The number of aliphatic imine (C=N–C) groups is 1. The molecule has 146 valence electrons. The predicted molar refractivity (Wildman–Crippen MR) is 110 cm³/mol. The van der Waals surface area contributed by atoms with E-state index in [-0.39, 0.29) is 11.1 Å². The average Bonchev–Trinajstić information content (AvgIpc) is 3.19. The van der Waals surface area contributed by atoms with Crippen LogP contribution in [0.3, 0.4) is 0 Å². The summed E-state index contributed by atoms with van der Waals surface area (Å²) < 4.78 is 17.4. The van der Waals surface area contributed by atoms with E-state index in [1.54, 1.807) is 13.4 Å². The van der Waals surface area contributed by atoms with Gasteiger partial charge in [0, 0.05) is 17.5 Å². The number of allylic oxidation sites excluding steroid dienone is 4. The number of hydrogen-bond acceptors (Lipinski definition) is 4. The van der Waals surface area contributed by atoms with Crippen LogP contribution in [0.25, 0.3) is 0 Å². The van der Waals surface area contributed by atoms with Crippen molar-refractivity contribution in [3.05, 3.63) is 58.1 Å². The molecule has 0 aromatic heterocycles. The third-order valence-corrected chi connectivity index (χ3v) is 6.03. The molecule has 28 heavy (non-hydrogen) atoms. The predicted octanol–water partition coefficient (Wildman–Crippen LogP) is 5.05. The van der Waals surface area contributed by atoms with Crippen molar-refractivity contribution in [1.82, 2.24) is 0 Å². The molecule has 5 rings (SSSR count). The van der Waals surface area contributed by atoms with Crippen molar-refractivity contribution in [2.24, 2.45) is 4.99 Å². The molecule has 0 N–H and O–H groups in total. The maximum absolute atomic E-state index is 6.31. The van der Waals surface area contributed by atoms with Crippen molar-refractivity contribution in [2.75, 3.05) is 7.11 Å². The second-order valence-corrected chi connectivity index (χ2v) is 9.38. The zero-order chi connectivity index (χ0) is 19.7. The highest BCUT2D eigenvalue weighted by Gasteiger charge is 2.41. The summed E-state index contributed by atoms with van der Waals surface area (Å²) in [5.74, 6) is 1.73. The molecule has 4 nitrogen and oxygen atoms in total. The monoisotopic (exact) mass is 377 g/mol. The van der Waals surface area contributed by atoms with Gasteiger partial charge >= 0.3 is 0 Å². The molecule has 0 saturated heterocycles. The van der Waals surface area contributed by atoms with Crippen LogP contribution in [0.4, 0.5) is 0 Å². The van der Waals surface area contributed by atoms with Crippen molar-refractivity contribution in [2.45, 2.75) is 64.5 Å². The Bertz CT molecular complexity index is 1010. The number of fused-ring (bicyclic) bond motifs is 4. The topological polar surface area (TPSA) is 40.0 Å². The molecule has 0 unspecified atom stereocenters. The average molecular weight is 377 g/mol. The van der Waals surface area contributed by atoms with Crippen molar-refractivity contribution in [1.29, 1.82) is 0 Å². The molecule has 3 heterocycles. The van der Waals surface area contributed by atoms with Gasteiger partial charge in [-0.2, -0.15) is 0 Å². The smallest absolute Gasteiger partial charge is 0.166 e. The SMILES string of the molecule is COc1cc2c(c3c1OC(C)(C)C3)C(C1=C3C=COC=C3CC1)=NC(C)(C)C2. The fourth-order valence-corrected chi connectivity index (χ4v) is 4.97. The molecule has 1 aromatic rings. The molecular formula is C24H27NO3. The Kier molecular flexibility index (Phi) is 3.62. The second kappa shape index (κ2) is 5.76. The van der Waals surface area contributed by atoms with Gasteiger partial charge in [0.2, 0.25) is 0 Å². The van der Waals surface area contributed by atoms with E-state index in [1.165, 1.54) is 33.4 Å². The molecule has 0 bridgehead atoms. The number of hydrogen-bond donors (Lipinski definition) is 0. The van der Waals surface area contributed by atoms with Crippen molar-refractivity contribution in [3.8, 4) is 11.5 Å². The minimum Gasteiger partial charge on any atom is -0.493 e. The molecular weight excluding hydrogens is 350 g/mol. The Labute approximate surface area is 166 Å². The van der Waals surface area contributed by atoms with Gasteiger partial charge < -0.3 is 14.2 Å². The molecule has 0 saturated carbocycles. The number of methoxy groups -OCH3 is 1. The van der Waals surface area contributed by atoms with Gasteiger partial charge in [-0.1, -0.05) is 0 Å². The highest BCUT2D eigenvalue weighted by atomic mass is 16.5. The minimum absolute atomic E-state index is 0.147. The largest absolute Gasteiger partial charge is 0.493 e. The standard InChI is InChI=1S/C24H27NO3/c1-23(2)11-15-10-19(26-5)22-18(12-24(3,4)28-22)20(15)21(25-23)17-7-6-14-13-27-9-8-16(14)17/h8-10,13H,6-7,11-12H2,1-5H3. The quantitative estimate of drug-likeness (QED) is 0.724. The zero-order valence-electron chi connectivity index (χ0n) is 17.3. The first-order valence-corrected chi connectivity index (χ1v) is 10.0. The zero-order valence-corrected chi connectivity index (χ0v) is 17.3. The minimum atomic E-state index is -0.236. The number of ether oxygens (including phenoxy) is 3. The van der Waals surface area contributed by atoms with Gasteiger partial charge in [-0.05, 0) is 81.4 Å². The molecule has 0 fully saturated rings. The van der Waals surface area contributed by atoms with Gasteiger partial charge in [0.25, 0.3) is 0 Å². The molecule has 4 heteroatoms. The summed E-state index contributed by atoms with van der Waals surface area (Å²) in [5.41, 5.74) is 8.45. The molecule has 4 aliphatic rings. The molecule has 0 amide bonds. The van der Waals surface area contributed by atoms with E-state index in [0.29, 0.717) is 0 Å². The molecule has 3 aliphatic heterocycles. The van der Waals surface area contributed by atoms with Crippen LogP contribution >= 0.6 is 0 Å². The van der Waals surface area contributed by atoms with Gasteiger partial charge in [0.15, 0.2) is 11.5 Å². The lowest BCUT2D eigenvalue weighted by Crippen LogP contribution is -2.31. The van der Waals surface area contributed by atoms with Crippen LogP contribution in [0, 0.1) is 0 Å². The van der Waals surface area contributed by atoms with E-state index < -0.39 is 0 Å². The summed E-state index contributed by atoms with van der Waals surface area (Å²) in [6, 6.07) is 2.17. The van der Waals surface area contributed by atoms with E-state index >= 15 is 0 Å². The van der Waals surface area contributed by atoms with Crippen LogP contribution < -0.4 is 9.47 Å². The Morgan fingerprint density at radius 3 is 2.71 bits per heavy atom. The second-order valence-electron chi connectivity index (χ2n) is 9.38. The van der Waals surface area contributed by atoms with E-state index in [4.69, 9.17) is 19.2 Å². The third-order valence-electron chi connectivity index (χ3n) is 6.03. The fraction of sp³-hybridized carbons (Fsp3) is 0.458. The molecule has 0 radical (unpaired) electrons. The van der Waals surface area contributed by atoms with Gasteiger partial charge in [-0.25, -0.2) is 0 Å². The van der Waals surface area contributed by atoms with Crippen LogP contribution in [-0.4, -0.2) is 24.0 Å². The highest BCUT2D eigenvalue weighted by Crippen LogP contribution is 2.49. The van der Waals surface area contributed by atoms with Crippen LogP contribution in [-0.2, 0) is 17.6 Å². The van der Waals surface area contributed by atoms with E-state index in [2.05, 4.69) is 39.8 Å². The van der Waals surface area contributed by atoms with E-state index in [0.717, 1.165) is 42.9 Å². The third kappa shape index (κ3) is 2.61. The van der Waals surface area contributed by atoms with Crippen molar-refractivity contribution < 1.29 is 14.2 Å². The first-order valence-electron chi connectivity index (χ1n) is 10.0. The molecule has 0 spiro atoms. The van der Waals surface area contributed by atoms with Crippen molar-refractivity contribution >= 4 is 5.71 Å². The molecule has 1 aliphatic carbocycles. The Hall–Kier alpha value is -2.49. The summed E-state index contributed by atoms with van der Waals surface area (Å²) >= 11 is 0.